The molecular formula is C34H29F2N12O6P. The van der Waals surface area contributed by atoms with Gasteiger partial charge < -0.3 is 24.2 Å². The SMILES string of the molecule is Cn1nnc(-c2ccc(-c3ccc(N4C=C(COP(=O)(O)OCC5=CN(c6ccc(-c7ccc(-c8nnn(C)n8)nc7)c(F)c6)CO5)OC4)cc3F)cn2)n1. The molecule has 0 aliphatic carbocycles. The molecule has 0 radical (unpaired) electrons. The molecule has 2 aliphatic rings. The highest BCUT2D eigenvalue weighted by Crippen LogP contribution is 2.44. The lowest BCUT2D eigenvalue weighted by atomic mass is 10.1. The van der Waals surface area contributed by atoms with E-state index in [0.29, 0.717) is 56.7 Å². The molecule has 6 heterocycles. The average Bonchev–Trinajstić information content (AvgIpc) is 4.02. The number of tetrazole rings is 2. The molecule has 1 N–H and O–H groups in total. The minimum atomic E-state index is -4.56. The third kappa shape index (κ3) is 7.92. The van der Waals surface area contributed by atoms with Crippen LogP contribution in [0.5, 0.6) is 0 Å². The van der Waals surface area contributed by atoms with Gasteiger partial charge in [0.05, 0.1) is 14.1 Å². The lowest BCUT2D eigenvalue weighted by Gasteiger charge is -2.15. The lowest BCUT2D eigenvalue weighted by Crippen LogP contribution is -2.13. The molecule has 6 aromatic rings. The number of halogens is 2. The first-order chi connectivity index (χ1) is 26.6. The van der Waals surface area contributed by atoms with Gasteiger partial charge in [-0.2, -0.15) is 9.59 Å². The third-order valence-corrected chi connectivity index (χ3v) is 9.22. The van der Waals surface area contributed by atoms with Crippen LogP contribution in [0.25, 0.3) is 45.3 Å². The van der Waals surface area contributed by atoms with Gasteiger partial charge in [-0.1, -0.05) is 12.1 Å². The number of anilines is 2. The normalized spacial score (nSPS) is 14.2. The van der Waals surface area contributed by atoms with Crippen LogP contribution in [0.2, 0.25) is 0 Å². The van der Waals surface area contributed by atoms with E-state index in [0.717, 1.165) is 0 Å². The van der Waals surface area contributed by atoms with Crippen molar-refractivity contribution in [2.24, 2.45) is 14.1 Å². The van der Waals surface area contributed by atoms with E-state index in [-0.39, 0.29) is 25.0 Å². The summed E-state index contributed by atoms with van der Waals surface area (Å²) in [6.45, 7) is -0.732. The van der Waals surface area contributed by atoms with Crippen LogP contribution in [-0.2, 0) is 37.2 Å². The van der Waals surface area contributed by atoms with Crippen LogP contribution in [0, 0.1) is 11.6 Å². The van der Waals surface area contributed by atoms with Gasteiger partial charge in [0.15, 0.2) is 13.5 Å². The first kappa shape index (κ1) is 35.6. The molecule has 4 aromatic heterocycles. The number of phosphoric acid groups is 1. The van der Waals surface area contributed by atoms with Crippen LogP contribution >= 0.6 is 7.82 Å². The Kier molecular flexibility index (Phi) is 9.53. The number of aryl methyl sites for hydroxylation is 2. The summed E-state index contributed by atoms with van der Waals surface area (Å²) in [6, 6.07) is 16.1. The number of phosphoric ester groups is 1. The summed E-state index contributed by atoms with van der Waals surface area (Å²) in [4.78, 5) is 24.8. The summed E-state index contributed by atoms with van der Waals surface area (Å²) in [5.41, 5.74) is 3.77. The number of pyridine rings is 2. The number of rotatable bonds is 12. The van der Waals surface area contributed by atoms with E-state index in [1.165, 1.54) is 46.5 Å². The van der Waals surface area contributed by atoms with Gasteiger partial charge in [-0.3, -0.25) is 19.0 Å². The fourth-order valence-electron chi connectivity index (χ4n) is 5.56. The van der Waals surface area contributed by atoms with Gasteiger partial charge in [-0.25, -0.2) is 13.3 Å². The summed E-state index contributed by atoms with van der Waals surface area (Å²) >= 11 is 0. The Morgan fingerprint density at radius 1 is 0.709 bits per heavy atom. The summed E-state index contributed by atoms with van der Waals surface area (Å²) in [6.07, 6.45) is 6.12. The van der Waals surface area contributed by atoms with Crippen LogP contribution in [0.1, 0.15) is 0 Å². The highest BCUT2D eigenvalue weighted by atomic mass is 31.2. The summed E-state index contributed by atoms with van der Waals surface area (Å²) in [5.74, 6) is 0.185. The Bertz CT molecular complexity index is 2310. The molecule has 0 fully saturated rings. The zero-order chi connectivity index (χ0) is 38.1. The summed E-state index contributed by atoms with van der Waals surface area (Å²) in [5, 5.41) is 23.7. The number of hydrogen-bond donors (Lipinski definition) is 1. The molecule has 21 heteroatoms. The van der Waals surface area contributed by atoms with Crippen molar-refractivity contribution < 1.29 is 36.8 Å². The van der Waals surface area contributed by atoms with Gasteiger partial charge >= 0.3 is 7.82 Å². The standard InChI is InChI=1S/C34H29F2N12O6P/c1-45-41-33(39-43-45)31-9-3-21(13-37-31)27-7-5-23(11-29(27)35)47-15-25(51-19-47)17-53-55(49,50)54-18-26-16-48(20-52-26)24-6-8-28(30(36)12-24)22-4-10-32(38-14-22)34-40-44-46(2)42-34/h3-16H,17-20H2,1-2H3,(H,49,50). The van der Waals surface area contributed by atoms with Crippen molar-refractivity contribution >= 4 is 19.2 Å². The first-order valence-corrected chi connectivity index (χ1v) is 17.9. The Morgan fingerprint density at radius 3 is 1.53 bits per heavy atom. The van der Waals surface area contributed by atoms with Gasteiger partial charge in [0.2, 0.25) is 11.6 Å². The molecule has 0 saturated carbocycles. The second-order valence-corrected chi connectivity index (χ2v) is 13.5. The van der Waals surface area contributed by atoms with E-state index < -0.39 is 32.7 Å². The monoisotopic (exact) mass is 770 g/mol. The van der Waals surface area contributed by atoms with Crippen LogP contribution in [-0.4, -0.2) is 82.0 Å². The second kappa shape index (κ2) is 14.7. The zero-order valence-electron chi connectivity index (χ0n) is 29.0. The Labute approximate surface area is 310 Å². The van der Waals surface area contributed by atoms with Crippen LogP contribution in [0.15, 0.2) is 97.0 Å². The molecule has 0 spiro atoms. The Hall–Kier alpha value is -6.47. The summed E-state index contributed by atoms with van der Waals surface area (Å²) < 4.78 is 64.5. The molecule has 8 rings (SSSR count). The minimum Gasteiger partial charge on any atom is -0.473 e. The molecule has 2 aromatic carbocycles. The predicted molar refractivity (Wildman–Crippen MR) is 190 cm³/mol. The van der Waals surface area contributed by atoms with Crippen molar-refractivity contribution in [1.29, 1.82) is 0 Å². The van der Waals surface area contributed by atoms with Crippen molar-refractivity contribution in [3.05, 3.63) is 109 Å². The van der Waals surface area contributed by atoms with Crippen molar-refractivity contribution in [1.82, 2.24) is 50.4 Å². The third-order valence-electron chi connectivity index (χ3n) is 8.31. The van der Waals surface area contributed by atoms with Crippen molar-refractivity contribution in [3.8, 4) is 45.3 Å². The van der Waals surface area contributed by atoms with Crippen molar-refractivity contribution in [2.75, 3.05) is 36.5 Å². The number of aromatic nitrogens is 10. The molecule has 280 valence electrons. The van der Waals surface area contributed by atoms with Gasteiger partial charge in [-0.05, 0) is 59.0 Å². The largest absolute Gasteiger partial charge is 0.473 e. The zero-order valence-corrected chi connectivity index (χ0v) is 29.9. The molecule has 0 atom stereocenters. The Morgan fingerprint density at radius 2 is 1.16 bits per heavy atom. The fraction of sp³-hybridized carbons (Fsp3) is 0.176. The number of nitrogens with zero attached hydrogens (tertiary/aromatic N) is 12. The smallest absolute Gasteiger partial charge is 0.473 e. The average molecular weight is 771 g/mol. The number of benzene rings is 2. The molecule has 0 unspecified atom stereocenters. The topological polar surface area (TPSA) is 194 Å². The maximum atomic E-state index is 15.2. The van der Waals surface area contributed by atoms with Gasteiger partial charge in [0.1, 0.15) is 47.8 Å². The van der Waals surface area contributed by atoms with Gasteiger partial charge in [-0.15, -0.1) is 20.4 Å². The molecule has 0 bridgehead atoms. The maximum absolute atomic E-state index is 15.2. The maximum Gasteiger partial charge on any atom is 0.473 e. The van der Waals surface area contributed by atoms with E-state index in [2.05, 4.69) is 40.8 Å². The van der Waals surface area contributed by atoms with E-state index in [1.54, 1.807) is 72.4 Å². The quantitative estimate of drug-likeness (QED) is 0.170. The highest BCUT2D eigenvalue weighted by Gasteiger charge is 2.27. The lowest BCUT2D eigenvalue weighted by molar-refractivity contribution is 0.121. The fourth-order valence-corrected chi connectivity index (χ4v) is 6.22. The molecule has 0 saturated heterocycles. The van der Waals surface area contributed by atoms with Crippen molar-refractivity contribution in [2.45, 2.75) is 0 Å². The molecule has 18 nitrogen and oxygen atoms in total. The van der Waals surface area contributed by atoms with E-state index in [4.69, 9.17) is 18.5 Å². The second-order valence-electron chi connectivity index (χ2n) is 12.1. The number of ether oxygens (including phenoxy) is 2. The van der Waals surface area contributed by atoms with Crippen LogP contribution in [0.4, 0.5) is 20.2 Å². The van der Waals surface area contributed by atoms with Gasteiger partial charge in [0, 0.05) is 58.4 Å². The molecule has 55 heavy (non-hydrogen) atoms. The molecular weight excluding hydrogens is 741 g/mol. The predicted octanol–water partition coefficient (Wildman–Crippen LogP) is 4.57. The van der Waals surface area contributed by atoms with Crippen molar-refractivity contribution in [3.63, 3.8) is 0 Å². The van der Waals surface area contributed by atoms with E-state index >= 15 is 8.78 Å². The molecule has 2 aliphatic heterocycles. The van der Waals surface area contributed by atoms with Crippen LogP contribution in [0.3, 0.4) is 0 Å². The van der Waals surface area contributed by atoms with E-state index in [1.807, 2.05) is 0 Å². The summed E-state index contributed by atoms with van der Waals surface area (Å²) in [7, 11) is -1.27. The van der Waals surface area contributed by atoms with Gasteiger partial charge in [0.25, 0.3) is 0 Å². The minimum absolute atomic E-state index is 0.0261. The number of hydrogen-bond acceptors (Lipinski definition) is 15. The Balaban J connectivity index is 0.830. The highest BCUT2D eigenvalue weighted by molar-refractivity contribution is 7.47. The van der Waals surface area contributed by atoms with Crippen LogP contribution < -0.4 is 9.80 Å². The first-order valence-electron chi connectivity index (χ1n) is 16.4. The molecule has 0 amide bonds. The van der Waals surface area contributed by atoms with E-state index in [9.17, 15) is 9.46 Å².